The van der Waals surface area contributed by atoms with Crippen molar-refractivity contribution in [2.75, 3.05) is 5.32 Å². The van der Waals surface area contributed by atoms with Gasteiger partial charge in [0.05, 0.1) is 0 Å². The number of nitrogens with one attached hydrogen (secondary N) is 2. The van der Waals surface area contributed by atoms with Gasteiger partial charge in [0.2, 0.25) is 0 Å². The lowest BCUT2D eigenvalue weighted by atomic mass is 10.0. The molecule has 0 bridgehead atoms. The number of carboxylic acid groups (broad SMARTS) is 1. The van der Waals surface area contributed by atoms with Crippen LogP contribution in [0.15, 0.2) is 29.2 Å². The predicted octanol–water partition coefficient (Wildman–Crippen LogP) is 3.62. The molecule has 1 unspecified atom stereocenters. The number of rotatable bonds is 7. The van der Waals surface area contributed by atoms with E-state index in [-0.39, 0.29) is 5.92 Å². The van der Waals surface area contributed by atoms with E-state index in [1.807, 2.05) is 13.8 Å². The summed E-state index contributed by atoms with van der Waals surface area (Å²) in [6, 6.07) is 4.23. The molecule has 2 amide bonds. The Kier molecular flexibility index (Phi) is 7.10. The average Bonchev–Trinajstić information content (AvgIpc) is 2.39. The van der Waals surface area contributed by atoms with Crippen molar-refractivity contribution in [3.05, 3.63) is 24.3 Å². The molecule has 0 radical (unpaired) electrons. The fraction of sp³-hybridized carbons (Fsp3) is 0.429. The second-order valence-corrected chi connectivity index (χ2v) is 6.09. The van der Waals surface area contributed by atoms with Gasteiger partial charge in [-0.2, -0.15) is 8.78 Å². The lowest BCUT2D eigenvalue weighted by Crippen LogP contribution is -2.43. The Morgan fingerprint density at radius 1 is 1.23 bits per heavy atom. The van der Waals surface area contributed by atoms with Crippen molar-refractivity contribution in [2.24, 2.45) is 5.92 Å². The molecule has 5 nitrogen and oxygen atoms in total. The van der Waals surface area contributed by atoms with E-state index in [4.69, 9.17) is 5.11 Å². The Bertz CT molecular complexity index is 509. The summed E-state index contributed by atoms with van der Waals surface area (Å²) in [5.41, 5.74) is 0.393. The third kappa shape index (κ3) is 6.75. The van der Waals surface area contributed by atoms with E-state index in [0.29, 0.717) is 28.8 Å². The zero-order valence-corrected chi connectivity index (χ0v) is 13.0. The van der Waals surface area contributed by atoms with Crippen LogP contribution in [0.3, 0.4) is 0 Å². The predicted molar refractivity (Wildman–Crippen MR) is 81.3 cm³/mol. The second kappa shape index (κ2) is 8.57. The molecular weight excluding hydrogens is 314 g/mol. The highest BCUT2D eigenvalue weighted by molar-refractivity contribution is 7.99. The maximum atomic E-state index is 12.2. The molecule has 3 N–H and O–H groups in total. The lowest BCUT2D eigenvalue weighted by Gasteiger charge is -2.17. The monoisotopic (exact) mass is 332 g/mol. The molecular formula is C14H18F2N2O3S. The molecule has 8 heteroatoms. The Morgan fingerprint density at radius 2 is 1.82 bits per heavy atom. The van der Waals surface area contributed by atoms with Crippen LogP contribution in [0.1, 0.15) is 20.3 Å². The maximum Gasteiger partial charge on any atom is 0.326 e. The second-order valence-electron chi connectivity index (χ2n) is 5.02. The van der Waals surface area contributed by atoms with Crippen LogP contribution in [0, 0.1) is 5.92 Å². The highest BCUT2D eigenvalue weighted by Crippen LogP contribution is 2.26. The number of aliphatic carboxylic acids is 1. The molecule has 1 atom stereocenters. The molecule has 1 rings (SSSR count). The van der Waals surface area contributed by atoms with Crippen molar-refractivity contribution in [3.8, 4) is 0 Å². The molecule has 1 aromatic rings. The number of halogens is 2. The van der Waals surface area contributed by atoms with Crippen LogP contribution >= 0.6 is 11.8 Å². The highest BCUT2D eigenvalue weighted by atomic mass is 32.2. The first kappa shape index (κ1) is 18.2. The van der Waals surface area contributed by atoms with E-state index in [2.05, 4.69) is 10.6 Å². The van der Waals surface area contributed by atoms with Gasteiger partial charge in [0.15, 0.2) is 0 Å². The largest absolute Gasteiger partial charge is 0.480 e. The quantitative estimate of drug-likeness (QED) is 0.666. The van der Waals surface area contributed by atoms with Crippen LogP contribution in [0.25, 0.3) is 0 Å². The molecule has 0 aliphatic carbocycles. The summed E-state index contributed by atoms with van der Waals surface area (Å²) < 4.78 is 24.4. The van der Waals surface area contributed by atoms with Crippen LogP contribution in [-0.4, -0.2) is 28.9 Å². The fourth-order valence-corrected chi connectivity index (χ4v) is 2.24. The van der Waals surface area contributed by atoms with Crippen molar-refractivity contribution in [1.82, 2.24) is 5.32 Å². The van der Waals surface area contributed by atoms with Gasteiger partial charge in [-0.05, 0) is 36.6 Å². The van der Waals surface area contributed by atoms with E-state index in [1.54, 1.807) is 0 Å². The van der Waals surface area contributed by atoms with Crippen LogP contribution in [0.5, 0.6) is 0 Å². The van der Waals surface area contributed by atoms with Gasteiger partial charge in [-0.25, -0.2) is 9.59 Å². The number of hydrogen-bond donors (Lipinski definition) is 3. The van der Waals surface area contributed by atoms with Crippen molar-refractivity contribution >= 4 is 29.4 Å². The zero-order valence-electron chi connectivity index (χ0n) is 12.2. The van der Waals surface area contributed by atoms with Crippen molar-refractivity contribution in [1.29, 1.82) is 0 Å². The van der Waals surface area contributed by atoms with Gasteiger partial charge >= 0.3 is 12.0 Å². The number of carbonyl (C=O) groups excluding carboxylic acids is 1. The number of benzene rings is 1. The summed E-state index contributed by atoms with van der Waals surface area (Å²) in [4.78, 5) is 23.2. The van der Waals surface area contributed by atoms with Gasteiger partial charge in [0.25, 0.3) is 5.76 Å². The molecule has 1 aromatic carbocycles. The van der Waals surface area contributed by atoms with Crippen molar-refractivity contribution in [2.45, 2.75) is 37.0 Å². The maximum absolute atomic E-state index is 12.2. The summed E-state index contributed by atoms with van der Waals surface area (Å²) in [6.45, 7) is 3.71. The zero-order chi connectivity index (χ0) is 16.7. The number of thioether (sulfide) groups is 1. The Balaban J connectivity index is 2.58. The van der Waals surface area contributed by atoms with Crippen LogP contribution in [0.4, 0.5) is 19.3 Å². The molecule has 0 aromatic heterocycles. The smallest absolute Gasteiger partial charge is 0.326 e. The normalized spacial score (nSPS) is 12.3. The third-order valence-corrected chi connectivity index (χ3v) is 3.37. The number of carboxylic acids is 1. The lowest BCUT2D eigenvalue weighted by molar-refractivity contribution is -0.139. The third-order valence-electron chi connectivity index (χ3n) is 2.65. The first-order valence-corrected chi connectivity index (χ1v) is 7.51. The number of urea groups is 1. The average molecular weight is 332 g/mol. The molecule has 0 saturated carbocycles. The molecule has 122 valence electrons. The SMILES string of the molecule is CC(C)CC(NC(=O)Nc1ccc(SC(F)F)cc1)C(=O)O. The summed E-state index contributed by atoms with van der Waals surface area (Å²) in [6.07, 6.45) is 0.312. The Morgan fingerprint density at radius 3 is 2.27 bits per heavy atom. The van der Waals surface area contributed by atoms with Gasteiger partial charge in [0, 0.05) is 10.6 Å². The van der Waals surface area contributed by atoms with Crippen molar-refractivity contribution in [3.63, 3.8) is 0 Å². The van der Waals surface area contributed by atoms with Gasteiger partial charge < -0.3 is 15.7 Å². The molecule has 22 heavy (non-hydrogen) atoms. The minimum atomic E-state index is -2.51. The summed E-state index contributed by atoms with van der Waals surface area (Å²) >= 11 is 0.408. The van der Waals surface area contributed by atoms with E-state index < -0.39 is 23.8 Å². The topological polar surface area (TPSA) is 78.4 Å². The first-order chi connectivity index (χ1) is 10.3. The van der Waals surface area contributed by atoms with Gasteiger partial charge in [-0.3, -0.25) is 0 Å². The molecule has 0 saturated heterocycles. The minimum absolute atomic E-state index is 0.118. The van der Waals surface area contributed by atoms with Crippen molar-refractivity contribution < 1.29 is 23.5 Å². The molecule has 0 aliphatic heterocycles. The summed E-state index contributed by atoms with van der Waals surface area (Å²) in [5, 5.41) is 13.9. The Hall–Kier alpha value is -1.83. The molecule has 0 fully saturated rings. The van der Waals surface area contributed by atoms with Crippen LogP contribution in [0.2, 0.25) is 0 Å². The minimum Gasteiger partial charge on any atom is -0.480 e. The van der Waals surface area contributed by atoms with E-state index in [1.165, 1.54) is 24.3 Å². The van der Waals surface area contributed by atoms with Gasteiger partial charge in [-0.1, -0.05) is 25.6 Å². The molecule has 0 aliphatic rings. The number of amides is 2. The van der Waals surface area contributed by atoms with E-state index >= 15 is 0 Å². The number of alkyl halides is 2. The van der Waals surface area contributed by atoms with Gasteiger partial charge in [0.1, 0.15) is 6.04 Å². The standard InChI is InChI=1S/C14H18F2N2O3S/c1-8(2)7-11(12(19)20)18-14(21)17-9-3-5-10(6-4-9)22-13(15)16/h3-6,8,11,13H,7H2,1-2H3,(H,19,20)(H2,17,18,21). The number of carbonyl (C=O) groups is 2. The van der Waals surface area contributed by atoms with E-state index in [9.17, 15) is 18.4 Å². The summed E-state index contributed by atoms with van der Waals surface area (Å²) in [7, 11) is 0. The molecule has 0 heterocycles. The van der Waals surface area contributed by atoms with E-state index in [0.717, 1.165) is 0 Å². The molecule has 0 spiro atoms. The van der Waals surface area contributed by atoms with Gasteiger partial charge in [-0.15, -0.1) is 0 Å². The number of anilines is 1. The fourth-order valence-electron chi connectivity index (χ4n) is 1.74. The highest BCUT2D eigenvalue weighted by Gasteiger charge is 2.21. The number of hydrogen-bond acceptors (Lipinski definition) is 3. The Labute approximate surface area is 131 Å². The van der Waals surface area contributed by atoms with Crippen LogP contribution < -0.4 is 10.6 Å². The summed E-state index contributed by atoms with van der Waals surface area (Å²) in [5.74, 6) is -3.49. The van der Waals surface area contributed by atoms with Crippen LogP contribution in [-0.2, 0) is 4.79 Å². The first-order valence-electron chi connectivity index (χ1n) is 6.63.